The molecule has 2 aliphatic rings. The molecule has 1 N–H and O–H groups in total. The van der Waals surface area contributed by atoms with Gasteiger partial charge in [0.25, 0.3) is 0 Å². The number of likely N-dealkylation sites (tertiary alicyclic amines) is 1. The van der Waals surface area contributed by atoms with Crippen LogP contribution in [0.15, 0.2) is 30.3 Å². The average molecular weight is 310 g/mol. The maximum atomic E-state index is 9.71. The Morgan fingerprint density at radius 1 is 1.33 bits per heavy atom. The van der Waals surface area contributed by atoms with E-state index in [0.29, 0.717) is 28.9 Å². The summed E-state index contributed by atoms with van der Waals surface area (Å²) in [5, 5.41) is 9.71. The molecule has 0 amide bonds. The van der Waals surface area contributed by atoms with Crippen molar-refractivity contribution in [3.63, 3.8) is 0 Å². The summed E-state index contributed by atoms with van der Waals surface area (Å²) < 4.78 is 0. The van der Waals surface area contributed by atoms with Crippen LogP contribution in [0.5, 0.6) is 0 Å². The van der Waals surface area contributed by atoms with Crippen molar-refractivity contribution in [3.8, 4) is 0 Å². The largest absolute Gasteiger partial charge is 0.395 e. The van der Waals surface area contributed by atoms with Crippen molar-refractivity contribution in [2.45, 2.75) is 42.7 Å². The minimum Gasteiger partial charge on any atom is -0.395 e. The molecular weight excluding hydrogens is 290 g/mol. The number of hydrogen-bond acceptors (Lipinski definition) is 2. The number of rotatable bonds is 3. The fraction of sp³-hybridized carbons (Fsp3) is 0.600. The van der Waals surface area contributed by atoms with Crippen LogP contribution in [0.1, 0.15) is 31.4 Å². The molecule has 1 aromatic carbocycles. The second kappa shape index (κ2) is 4.95. The lowest BCUT2D eigenvalue weighted by Gasteiger charge is -2.38. The molecule has 0 spiro atoms. The zero-order chi connectivity index (χ0) is 12.7. The molecule has 18 heavy (non-hydrogen) atoms. The first-order chi connectivity index (χ1) is 8.74. The van der Waals surface area contributed by atoms with Gasteiger partial charge in [-0.05, 0) is 31.2 Å². The number of aliphatic hydroxyl groups excluding tert-OH is 1. The molecule has 2 bridgehead atoms. The summed E-state index contributed by atoms with van der Waals surface area (Å²) in [6.45, 7) is 2.54. The van der Waals surface area contributed by atoms with Gasteiger partial charge < -0.3 is 5.11 Å². The SMILES string of the molecule is C[C@@H](c1ccccc1)N1[C@@H]2CC[C@@H]([C@H]2Br)[C@@H]1CO. The first kappa shape index (κ1) is 12.6. The van der Waals surface area contributed by atoms with E-state index in [1.165, 1.54) is 18.4 Å². The Morgan fingerprint density at radius 2 is 2.06 bits per heavy atom. The summed E-state index contributed by atoms with van der Waals surface area (Å²) in [6, 6.07) is 11.9. The summed E-state index contributed by atoms with van der Waals surface area (Å²) in [5.41, 5.74) is 1.35. The summed E-state index contributed by atoms with van der Waals surface area (Å²) in [5.74, 6) is 0.617. The Morgan fingerprint density at radius 3 is 2.72 bits per heavy atom. The molecule has 1 aliphatic heterocycles. The third-order valence-electron chi connectivity index (χ3n) is 4.75. The van der Waals surface area contributed by atoms with Crippen LogP contribution >= 0.6 is 15.9 Å². The first-order valence-corrected chi connectivity index (χ1v) is 7.73. The Labute approximate surface area is 117 Å². The van der Waals surface area contributed by atoms with Crippen molar-refractivity contribution in [2.24, 2.45) is 5.92 Å². The van der Waals surface area contributed by atoms with E-state index in [-0.39, 0.29) is 6.61 Å². The van der Waals surface area contributed by atoms with Gasteiger partial charge in [-0.25, -0.2) is 0 Å². The fourth-order valence-corrected chi connectivity index (χ4v) is 5.01. The number of aliphatic hydroxyl groups is 1. The average Bonchev–Trinajstić information content (AvgIpc) is 2.92. The maximum absolute atomic E-state index is 9.71. The number of nitrogens with zero attached hydrogens (tertiary/aromatic N) is 1. The van der Waals surface area contributed by atoms with Gasteiger partial charge in [-0.1, -0.05) is 46.3 Å². The van der Waals surface area contributed by atoms with Crippen molar-refractivity contribution in [2.75, 3.05) is 6.61 Å². The molecular formula is C15H20BrNO. The number of piperidine rings is 1. The molecule has 98 valence electrons. The zero-order valence-corrected chi connectivity index (χ0v) is 12.3. The minimum absolute atomic E-state index is 0.278. The molecule has 0 aromatic heterocycles. The normalized spacial score (nSPS) is 37.1. The lowest BCUT2D eigenvalue weighted by molar-refractivity contribution is 0.0526. The number of hydrogen-bond donors (Lipinski definition) is 1. The van der Waals surface area contributed by atoms with Crippen molar-refractivity contribution in [1.29, 1.82) is 0 Å². The molecule has 1 saturated heterocycles. The monoisotopic (exact) mass is 309 g/mol. The van der Waals surface area contributed by atoms with Gasteiger partial charge in [0.15, 0.2) is 0 Å². The molecule has 3 rings (SSSR count). The maximum Gasteiger partial charge on any atom is 0.0590 e. The van der Waals surface area contributed by atoms with Crippen LogP contribution in [0.3, 0.4) is 0 Å². The van der Waals surface area contributed by atoms with E-state index in [1.807, 2.05) is 0 Å². The highest BCUT2D eigenvalue weighted by Gasteiger charge is 2.53. The molecule has 2 nitrogen and oxygen atoms in total. The highest BCUT2D eigenvalue weighted by atomic mass is 79.9. The predicted octanol–water partition coefficient (Wildman–Crippen LogP) is 2.97. The van der Waals surface area contributed by atoms with Gasteiger partial charge in [0.05, 0.1) is 6.61 Å². The Hall–Kier alpha value is -0.380. The lowest BCUT2D eigenvalue weighted by atomic mass is 9.96. The summed E-state index contributed by atoms with van der Waals surface area (Å²) in [6.07, 6.45) is 2.51. The smallest absolute Gasteiger partial charge is 0.0590 e. The molecule has 1 heterocycles. The van der Waals surface area contributed by atoms with Gasteiger partial charge in [0, 0.05) is 23.0 Å². The third-order valence-corrected chi connectivity index (χ3v) is 6.04. The summed E-state index contributed by atoms with van der Waals surface area (Å²) in [4.78, 5) is 3.09. The zero-order valence-electron chi connectivity index (χ0n) is 10.7. The quantitative estimate of drug-likeness (QED) is 0.868. The van der Waals surface area contributed by atoms with E-state index < -0.39 is 0 Å². The highest BCUT2D eigenvalue weighted by molar-refractivity contribution is 9.09. The van der Waals surface area contributed by atoms with Crippen LogP contribution in [-0.4, -0.2) is 33.5 Å². The molecule has 1 saturated carbocycles. The van der Waals surface area contributed by atoms with Gasteiger partial charge in [-0.15, -0.1) is 0 Å². The van der Waals surface area contributed by atoms with Crippen molar-refractivity contribution < 1.29 is 5.11 Å². The first-order valence-electron chi connectivity index (χ1n) is 6.81. The van der Waals surface area contributed by atoms with Crippen LogP contribution in [0.4, 0.5) is 0 Å². The van der Waals surface area contributed by atoms with Gasteiger partial charge in [-0.2, -0.15) is 0 Å². The van der Waals surface area contributed by atoms with Crippen LogP contribution in [-0.2, 0) is 0 Å². The third kappa shape index (κ3) is 1.84. The minimum atomic E-state index is 0.278. The number of fused-ring (bicyclic) bond motifs is 2. The van der Waals surface area contributed by atoms with Crippen LogP contribution < -0.4 is 0 Å². The summed E-state index contributed by atoms with van der Waals surface area (Å²) >= 11 is 3.84. The fourth-order valence-electron chi connectivity index (χ4n) is 3.86. The second-order valence-electron chi connectivity index (χ2n) is 5.54. The Kier molecular flexibility index (Phi) is 3.48. The van der Waals surface area contributed by atoms with Gasteiger partial charge in [0.1, 0.15) is 0 Å². The molecule has 1 aliphatic carbocycles. The topological polar surface area (TPSA) is 23.5 Å². The Balaban J connectivity index is 1.87. The Bertz CT molecular complexity index is 410. The van der Waals surface area contributed by atoms with E-state index in [4.69, 9.17) is 0 Å². The van der Waals surface area contributed by atoms with Gasteiger partial charge in [0.2, 0.25) is 0 Å². The van der Waals surface area contributed by atoms with E-state index >= 15 is 0 Å². The van der Waals surface area contributed by atoms with Crippen LogP contribution in [0.25, 0.3) is 0 Å². The van der Waals surface area contributed by atoms with Crippen molar-refractivity contribution in [3.05, 3.63) is 35.9 Å². The second-order valence-corrected chi connectivity index (χ2v) is 6.59. The van der Waals surface area contributed by atoms with Gasteiger partial charge in [-0.3, -0.25) is 4.90 Å². The highest BCUT2D eigenvalue weighted by Crippen LogP contribution is 2.49. The predicted molar refractivity (Wildman–Crippen MR) is 76.8 cm³/mol. The summed E-state index contributed by atoms with van der Waals surface area (Å²) in [7, 11) is 0. The molecule has 2 fully saturated rings. The standard InChI is InChI=1S/C15H20BrNO/c1-10(11-5-3-2-4-6-11)17-13-8-7-12(15(13)16)14(17)9-18/h2-6,10,12-15,18H,7-9H2,1H3/t10-,12+,13+,14-,15+/m0/s1. The van der Waals surface area contributed by atoms with Crippen molar-refractivity contribution in [1.82, 2.24) is 4.90 Å². The van der Waals surface area contributed by atoms with E-state index in [2.05, 4.69) is 58.1 Å². The number of alkyl halides is 1. The van der Waals surface area contributed by atoms with E-state index in [9.17, 15) is 5.11 Å². The molecule has 0 radical (unpaired) electrons. The van der Waals surface area contributed by atoms with E-state index in [0.717, 1.165) is 0 Å². The lowest BCUT2D eigenvalue weighted by Crippen LogP contribution is -2.44. The van der Waals surface area contributed by atoms with Crippen molar-refractivity contribution >= 4 is 15.9 Å². The molecule has 5 atom stereocenters. The van der Waals surface area contributed by atoms with Crippen LogP contribution in [0, 0.1) is 5.92 Å². The van der Waals surface area contributed by atoms with E-state index in [1.54, 1.807) is 0 Å². The molecule has 1 aromatic rings. The van der Waals surface area contributed by atoms with Crippen LogP contribution in [0.2, 0.25) is 0 Å². The number of benzene rings is 1. The van der Waals surface area contributed by atoms with Gasteiger partial charge >= 0.3 is 0 Å². The number of halogens is 1. The molecule has 3 heteroatoms. The molecule has 0 unspecified atom stereocenters.